The molecule has 2 bridgehead atoms. The minimum atomic E-state index is -5.21. The molecule has 2 unspecified atom stereocenters. The maximum atomic E-state index is 15.9. The van der Waals surface area contributed by atoms with Gasteiger partial charge in [-0.25, -0.2) is 17.6 Å². The van der Waals surface area contributed by atoms with Crippen LogP contribution in [-0.4, -0.2) is 301 Å². The molecule has 3 heterocycles. The minimum Gasteiger partial charge on any atom is -0.382 e. The summed E-state index contributed by atoms with van der Waals surface area (Å²) in [6, 6.07) is -12.0. The van der Waals surface area contributed by atoms with Crippen molar-refractivity contribution in [2.24, 2.45) is 40.9 Å². The average Bonchev–Trinajstić information content (AvgIpc) is 1.43. The summed E-state index contributed by atoms with van der Waals surface area (Å²) in [7, 11) is 10.9. The highest BCUT2D eigenvalue weighted by Crippen LogP contribution is 2.50. The van der Waals surface area contributed by atoms with Crippen molar-refractivity contribution < 1.29 is 97.7 Å². The van der Waals surface area contributed by atoms with E-state index >= 15 is 42.3 Å². The predicted octanol–water partition coefficient (Wildman–Crippen LogP) is 6.99. The van der Waals surface area contributed by atoms with E-state index in [1.807, 2.05) is 27.7 Å². The van der Waals surface area contributed by atoms with Gasteiger partial charge in [-0.15, -0.1) is 0 Å². The fourth-order valence-corrected chi connectivity index (χ4v) is 18.6. The lowest BCUT2D eigenvalue weighted by molar-refractivity contribution is -0.219. The van der Waals surface area contributed by atoms with Crippen LogP contribution in [0.4, 0.5) is 30.7 Å². The molecule has 12 amide bonds. The van der Waals surface area contributed by atoms with Gasteiger partial charge >= 0.3 is 6.18 Å². The molecule has 0 aromatic carbocycles. The summed E-state index contributed by atoms with van der Waals surface area (Å²) >= 11 is 0. The van der Waals surface area contributed by atoms with Gasteiger partial charge in [0.1, 0.15) is 78.7 Å². The molecule has 638 valence electrons. The fraction of sp³-hybridized carbons (Fsp3) is 0.825. The van der Waals surface area contributed by atoms with Crippen LogP contribution in [0.5, 0.6) is 0 Å². The molecule has 5 saturated carbocycles. The third-order valence-electron chi connectivity index (χ3n) is 25.6. The second-order valence-electron chi connectivity index (χ2n) is 34.6. The smallest absolute Gasteiger partial charge is 0.382 e. The zero-order chi connectivity index (χ0) is 83.6. The topological polar surface area (TPSA) is 289 Å². The second-order valence-corrected chi connectivity index (χ2v) is 34.6. The molecule has 33 heteroatoms. The van der Waals surface area contributed by atoms with Crippen molar-refractivity contribution in [1.29, 1.82) is 0 Å². The minimum absolute atomic E-state index is 0.00861. The molecule has 8 aliphatic rings. The van der Waals surface area contributed by atoms with Crippen LogP contribution in [0.3, 0.4) is 0 Å². The summed E-state index contributed by atoms with van der Waals surface area (Å²) in [6.45, 7) is 8.71. The van der Waals surface area contributed by atoms with Gasteiger partial charge in [-0.05, 0) is 138 Å². The summed E-state index contributed by atoms with van der Waals surface area (Å²) in [6.07, 6.45) is -8.16. The van der Waals surface area contributed by atoms with Crippen molar-refractivity contribution in [1.82, 2.24) is 60.0 Å². The number of methoxy groups -OCH3 is 1. The highest BCUT2D eigenvalue weighted by atomic mass is 19.4. The van der Waals surface area contributed by atoms with Gasteiger partial charge in [-0.2, -0.15) is 13.2 Å². The highest BCUT2D eigenvalue weighted by molar-refractivity contribution is 6.01. The van der Waals surface area contributed by atoms with Crippen molar-refractivity contribution in [3.63, 3.8) is 0 Å². The zero-order valence-corrected chi connectivity index (χ0v) is 68.6. The molecule has 7 fully saturated rings. The first kappa shape index (κ1) is 91.3. The number of carbonyl (C=O) groups is 12. The van der Waals surface area contributed by atoms with Crippen LogP contribution >= 0.6 is 0 Å². The van der Waals surface area contributed by atoms with Crippen molar-refractivity contribution in [3.8, 4) is 0 Å². The number of rotatable bonds is 17. The predicted molar refractivity (Wildman–Crippen MR) is 404 cm³/mol. The van der Waals surface area contributed by atoms with Gasteiger partial charge in [0.15, 0.2) is 0 Å². The lowest BCUT2D eigenvalue weighted by Crippen LogP contribution is -2.71. The maximum absolute atomic E-state index is 15.9. The van der Waals surface area contributed by atoms with Crippen LogP contribution in [0.1, 0.15) is 196 Å². The molecule has 1 spiro atoms. The Labute approximate surface area is 661 Å². The number of carbonyl (C=O) groups excluding carboxylic acids is 12. The zero-order valence-electron chi connectivity index (χ0n) is 68.6. The van der Waals surface area contributed by atoms with Crippen LogP contribution in [0.15, 0.2) is 12.2 Å². The lowest BCUT2D eigenvalue weighted by atomic mass is 9.58. The first-order valence-corrected chi connectivity index (χ1v) is 40.9. The number of nitrogens with one attached hydrogen (secondary N) is 3. The number of ether oxygens (including phenoxy) is 2. The van der Waals surface area contributed by atoms with Crippen molar-refractivity contribution in [2.45, 2.75) is 293 Å². The van der Waals surface area contributed by atoms with E-state index in [1.165, 1.54) is 85.8 Å². The summed E-state index contributed by atoms with van der Waals surface area (Å²) in [5.74, 6) is -15.9. The molecule has 0 aromatic heterocycles. The SMILES string of the molecule is CCC(CC)[C@H]1C(=O)N(C)[C@H](C(=O)N(C)C)CC(=O)N(C)[C@@H](COC)C(=O)N[C@@H]([C@@H](C)CC)C(=O)N(C2CC2)CC(=O)N(C)[C@H]2C/C=C\CCN(C2=O)[C@@H](CC2CCC(C(F)F)CC2)C(=O)N(C)CC(=O)N[C@@H](CCC2CC(F)C(C(F)(F)F)C(F)C2)C(=O)N2C[C@H](OC3CCCC3)C[C@H]2C(=O)NC2(CC(C)(C)C2)C(=O)N1C. The maximum Gasteiger partial charge on any atom is 0.397 e. The molecule has 3 aliphatic heterocycles. The molecule has 5 aliphatic carbocycles. The molecule has 8 rings (SSSR count). The van der Waals surface area contributed by atoms with E-state index in [1.54, 1.807) is 26.0 Å². The quantitative estimate of drug-likeness (QED) is 0.0977. The van der Waals surface area contributed by atoms with Crippen LogP contribution in [0.2, 0.25) is 0 Å². The van der Waals surface area contributed by atoms with E-state index in [2.05, 4.69) is 16.0 Å². The Kier molecular flexibility index (Phi) is 31.7. The van der Waals surface area contributed by atoms with Crippen LogP contribution < -0.4 is 16.0 Å². The van der Waals surface area contributed by atoms with Crippen molar-refractivity contribution >= 4 is 70.9 Å². The Morgan fingerprint density at radius 1 is 0.655 bits per heavy atom. The summed E-state index contributed by atoms with van der Waals surface area (Å²) in [4.78, 5) is 195. The van der Waals surface area contributed by atoms with E-state index in [0.29, 0.717) is 44.9 Å². The van der Waals surface area contributed by atoms with Gasteiger partial charge in [-0.1, -0.05) is 85.8 Å². The van der Waals surface area contributed by atoms with Crippen molar-refractivity contribution in [2.75, 3.05) is 89.2 Å². The molecule has 2 saturated heterocycles. The van der Waals surface area contributed by atoms with Crippen molar-refractivity contribution in [3.05, 3.63) is 12.2 Å². The Bertz CT molecular complexity index is 3390. The Balaban J connectivity index is 1.24. The van der Waals surface area contributed by atoms with Gasteiger partial charge in [-0.3, -0.25) is 57.5 Å². The number of nitrogens with zero attached hydrogens (tertiary/aromatic N) is 9. The van der Waals surface area contributed by atoms with E-state index in [0.717, 1.165) is 27.5 Å². The lowest BCUT2D eigenvalue weighted by Gasteiger charge is -2.54. The number of amides is 12. The number of hydrogen-bond donors (Lipinski definition) is 3. The summed E-state index contributed by atoms with van der Waals surface area (Å²) < 4.78 is 114. The van der Waals surface area contributed by atoms with E-state index < -0.39 is 248 Å². The molecule has 12 atom stereocenters. The van der Waals surface area contributed by atoms with Crippen LogP contribution in [0.25, 0.3) is 0 Å². The molecule has 26 nitrogen and oxygen atoms in total. The third kappa shape index (κ3) is 22.1. The number of hydrogen-bond acceptors (Lipinski definition) is 14. The molecular weight excluding hydrogens is 1490 g/mol. The fourth-order valence-electron chi connectivity index (χ4n) is 18.6. The molecule has 0 aromatic rings. The van der Waals surface area contributed by atoms with E-state index in [9.17, 15) is 45.9 Å². The molecule has 3 N–H and O–H groups in total. The monoisotopic (exact) mass is 1610 g/mol. The highest BCUT2D eigenvalue weighted by Gasteiger charge is 2.60. The van der Waals surface area contributed by atoms with E-state index in [4.69, 9.17) is 9.47 Å². The molecule has 0 radical (unpaired) electrons. The largest absolute Gasteiger partial charge is 0.397 e. The first-order chi connectivity index (χ1) is 53.1. The van der Waals surface area contributed by atoms with Gasteiger partial charge in [0.2, 0.25) is 77.3 Å². The Morgan fingerprint density at radius 2 is 1.28 bits per heavy atom. The van der Waals surface area contributed by atoms with Gasteiger partial charge in [0.05, 0.1) is 31.8 Å². The molecular formula is C80H125F7N12O14. The van der Waals surface area contributed by atoms with Gasteiger partial charge in [0, 0.05) is 87.9 Å². The third-order valence-corrected chi connectivity index (χ3v) is 25.6. The molecule has 113 heavy (non-hydrogen) atoms. The van der Waals surface area contributed by atoms with Gasteiger partial charge in [0.25, 0.3) is 0 Å². The normalized spacial score (nSPS) is 32.1. The van der Waals surface area contributed by atoms with E-state index in [-0.39, 0.29) is 89.8 Å². The summed E-state index contributed by atoms with van der Waals surface area (Å²) in [5, 5.41) is 8.60. The second kappa shape index (κ2) is 39.2. The van der Waals surface area contributed by atoms with Crippen LogP contribution in [0, 0.1) is 40.9 Å². The standard InChI is InChI=1S/C80H125F7N12O14/c1-15-46(4)66-75(109)98(51-31-32-51)42-64(102)93(10)57-25-19-18-22-34-97(74(57)108)60(37-47-26-29-50(30-27-47)68(83)84)73(107)92(9)41-62(100)88-56(33-28-48-35-54(81)65(55(82)36-48)80(85,86)87)71(105)99-40-53(113-52-23-20-21-24-52)38-58(99)70(104)90-79(44-78(5,6)45-79)77(111)96(13)67(49(16-2)17-3)76(110)95(12)59(72(106)91(7)8)39-63(101)94(11)61(43-112-14)69(103)89-66/h18-19,46-61,65-68H,15-17,20-45H2,1-14H3,(H,88,100)(H,89,103)(H,90,104)/b19-18-/t46-,47?,48?,50?,53+,54?,55?,56-,57-,58-,59-,60-,61-,65?,66-,67-/m0/s1. The number of halogens is 7. The first-order valence-electron chi connectivity index (χ1n) is 40.9. The Hall–Kier alpha value is -7.19. The van der Waals surface area contributed by atoms with Crippen LogP contribution in [-0.2, 0) is 67.0 Å². The number of fused-ring (bicyclic) bond motifs is 3. The van der Waals surface area contributed by atoms with Gasteiger partial charge < -0.3 is 69.5 Å². The average molecular weight is 1610 g/mol. The Morgan fingerprint density at radius 3 is 1.84 bits per heavy atom. The summed E-state index contributed by atoms with van der Waals surface area (Å²) in [5.41, 5.74) is -2.39. The number of likely N-dealkylation sites (N-methyl/N-ethyl adjacent to an activating group) is 6. The number of alkyl halides is 7.